The molecule has 0 radical (unpaired) electrons. The lowest BCUT2D eigenvalue weighted by atomic mass is 10.1. The highest BCUT2D eigenvalue weighted by Crippen LogP contribution is 2.17. The van der Waals surface area contributed by atoms with Gasteiger partial charge in [0, 0.05) is 31.9 Å². The first-order valence-electron chi connectivity index (χ1n) is 8.02. The van der Waals surface area contributed by atoms with Crippen LogP contribution in [0.15, 0.2) is 18.2 Å². The Morgan fingerprint density at radius 2 is 1.83 bits per heavy atom. The SMILES string of the molecule is CNCC(=O)N1CCN(CC(=O)Nc2cccc(C)c2C)CC1. The number of nitrogens with zero attached hydrogens (tertiary/aromatic N) is 2. The molecular formula is C17H26N4O2. The fraction of sp³-hybridized carbons (Fsp3) is 0.529. The second kappa shape index (κ2) is 8.08. The predicted molar refractivity (Wildman–Crippen MR) is 91.5 cm³/mol. The number of nitrogens with one attached hydrogen (secondary N) is 2. The lowest BCUT2D eigenvalue weighted by Gasteiger charge is -2.34. The second-order valence-corrected chi connectivity index (χ2v) is 5.98. The van der Waals surface area contributed by atoms with E-state index in [0.29, 0.717) is 26.2 Å². The summed E-state index contributed by atoms with van der Waals surface area (Å²) in [6, 6.07) is 5.91. The molecule has 0 bridgehead atoms. The summed E-state index contributed by atoms with van der Waals surface area (Å²) in [5, 5.41) is 5.86. The number of aryl methyl sites for hydroxylation is 1. The summed E-state index contributed by atoms with van der Waals surface area (Å²) in [7, 11) is 1.77. The average molecular weight is 318 g/mol. The van der Waals surface area contributed by atoms with Crippen LogP contribution in [0.25, 0.3) is 0 Å². The van der Waals surface area contributed by atoms with Crippen molar-refractivity contribution in [2.24, 2.45) is 0 Å². The van der Waals surface area contributed by atoms with Crippen LogP contribution in [-0.4, -0.2) is 67.9 Å². The minimum Gasteiger partial charge on any atom is -0.339 e. The number of likely N-dealkylation sites (N-methyl/N-ethyl adjacent to an activating group) is 1. The largest absolute Gasteiger partial charge is 0.339 e. The third-order valence-electron chi connectivity index (χ3n) is 4.30. The number of carbonyl (C=O) groups excluding carboxylic acids is 2. The molecule has 1 fully saturated rings. The number of hydrogen-bond donors (Lipinski definition) is 2. The number of benzene rings is 1. The first-order chi connectivity index (χ1) is 11.0. The monoisotopic (exact) mass is 318 g/mol. The zero-order chi connectivity index (χ0) is 16.8. The maximum Gasteiger partial charge on any atom is 0.238 e. The summed E-state index contributed by atoms with van der Waals surface area (Å²) >= 11 is 0. The molecule has 23 heavy (non-hydrogen) atoms. The maximum atomic E-state index is 12.2. The van der Waals surface area contributed by atoms with Crippen LogP contribution in [0, 0.1) is 13.8 Å². The van der Waals surface area contributed by atoms with Crippen LogP contribution in [-0.2, 0) is 9.59 Å². The predicted octanol–water partition coefficient (Wildman–Crippen LogP) is 0.606. The van der Waals surface area contributed by atoms with E-state index in [1.165, 1.54) is 5.56 Å². The Labute approximate surface area is 137 Å². The molecule has 1 heterocycles. The van der Waals surface area contributed by atoms with Gasteiger partial charge in [0.15, 0.2) is 0 Å². The summed E-state index contributed by atoms with van der Waals surface area (Å²) in [5.74, 6) is 0.112. The van der Waals surface area contributed by atoms with Crippen molar-refractivity contribution >= 4 is 17.5 Å². The quantitative estimate of drug-likeness (QED) is 0.835. The minimum absolute atomic E-state index is 0.00583. The molecule has 1 aromatic carbocycles. The minimum atomic E-state index is -0.00583. The van der Waals surface area contributed by atoms with Crippen molar-refractivity contribution in [3.05, 3.63) is 29.3 Å². The molecule has 2 N–H and O–H groups in total. The van der Waals surface area contributed by atoms with Gasteiger partial charge in [0.1, 0.15) is 0 Å². The van der Waals surface area contributed by atoms with E-state index >= 15 is 0 Å². The van der Waals surface area contributed by atoms with Gasteiger partial charge in [-0.3, -0.25) is 14.5 Å². The van der Waals surface area contributed by atoms with Gasteiger partial charge >= 0.3 is 0 Å². The van der Waals surface area contributed by atoms with Crippen molar-refractivity contribution in [1.29, 1.82) is 0 Å². The van der Waals surface area contributed by atoms with E-state index in [1.54, 1.807) is 7.05 Å². The van der Waals surface area contributed by atoms with Crippen LogP contribution in [0.1, 0.15) is 11.1 Å². The second-order valence-electron chi connectivity index (χ2n) is 5.98. The Kier molecular flexibility index (Phi) is 6.12. The van der Waals surface area contributed by atoms with Crippen LogP contribution in [0.2, 0.25) is 0 Å². The van der Waals surface area contributed by atoms with E-state index in [4.69, 9.17) is 0 Å². The van der Waals surface area contributed by atoms with Crippen molar-refractivity contribution in [2.45, 2.75) is 13.8 Å². The number of rotatable bonds is 5. The van der Waals surface area contributed by atoms with E-state index in [-0.39, 0.29) is 11.8 Å². The molecule has 126 valence electrons. The molecule has 0 aliphatic carbocycles. The van der Waals surface area contributed by atoms with Crippen LogP contribution in [0.3, 0.4) is 0 Å². The maximum absolute atomic E-state index is 12.2. The van der Waals surface area contributed by atoms with Gasteiger partial charge in [0.2, 0.25) is 11.8 Å². The van der Waals surface area contributed by atoms with E-state index in [0.717, 1.165) is 24.3 Å². The third kappa shape index (κ3) is 4.77. The highest BCUT2D eigenvalue weighted by molar-refractivity contribution is 5.93. The molecule has 2 rings (SSSR count). The number of carbonyl (C=O) groups is 2. The molecule has 6 nitrogen and oxygen atoms in total. The van der Waals surface area contributed by atoms with Crippen molar-refractivity contribution in [1.82, 2.24) is 15.1 Å². The Balaban J connectivity index is 1.81. The highest BCUT2D eigenvalue weighted by Gasteiger charge is 2.22. The van der Waals surface area contributed by atoms with Gasteiger partial charge in [-0.2, -0.15) is 0 Å². The molecule has 0 aromatic heterocycles. The van der Waals surface area contributed by atoms with Crippen LogP contribution < -0.4 is 10.6 Å². The Hall–Kier alpha value is -1.92. The normalized spacial score (nSPS) is 15.5. The Bertz CT molecular complexity index is 566. The number of amides is 2. The topological polar surface area (TPSA) is 64.7 Å². The highest BCUT2D eigenvalue weighted by atomic mass is 16.2. The average Bonchev–Trinajstić information content (AvgIpc) is 2.53. The molecule has 0 spiro atoms. The lowest BCUT2D eigenvalue weighted by Crippen LogP contribution is -2.52. The van der Waals surface area contributed by atoms with Gasteiger partial charge in [-0.05, 0) is 38.1 Å². The van der Waals surface area contributed by atoms with Crippen LogP contribution in [0.4, 0.5) is 5.69 Å². The van der Waals surface area contributed by atoms with Crippen LogP contribution >= 0.6 is 0 Å². The smallest absolute Gasteiger partial charge is 0.238 e. The van der Waals surface area contributed by atoms with E-state index in [1.807, 2.05) is 36.9 Å². The van der Waals surface area contributed by atoms with Crippen LogP contribution in [0.5, 0.6) is 0 Å². The van der Waals surface area contributed by atoms with Gasteiger partial charge in [-0.15, -0.1) is 0 Å². The summed E-state index contributed by atoms with van der Waals surface area (Å²) in [5.41, 5.74) is 3.14. The zero-order valence-corrected chi connectivity index (χ0v) is 14.2. The molecule has 2 amide bonds. The standard InChI is InChI=1S/C17H26N4O2/c1-13-5-4-6-15(14(13)2)19-16(22)12-20-7-9-21(10-8-20)17(23)11-18-3/h4-6,18H,7-12H2,1-3H3,(H,19,22). The molecule has 1 aliphatic heterocycles. The summed E-state index contributed by atoms with van der Waals surface area (Å²) in [6.45, 7) is 7.60. The van der Waals surface area contributed by atoms with Gasteiger partial charge in [0.25, 0.3) is 0 Å². The Morgan fingerprint density at radius 1 is 1.13 bits per heavy atom. The molecule has 1 aliphatic rings. The number of piperazine rings is 1. The van der Waals surface area contributed by atoms with Crippen molar-refractivity contribution < 1.29 is 9.59 Å². The molecule has 1 aromatic rings. The van der Waals surface area contributed by atoms with Gasteiger partial charge in [-0.25, -0.2) is 0 Å². The molecule has 6 heteroatoms. The summed E-state index contributed by atoms with van der Waals surface area (Å²) in [6.07, 6.45) is 0. The molecular weight excluding hydrogens is 292 g/mol. The van der Waals surface area contributed by atoms with Gasteiger partial charge in [-0.1, -0.05) is 12.1 Å². The lowest BCUT2D eigenvalue weighted by molar-refractivity contribution is -0.132. The Morgan fingerprint density at radius 3 is 2.48 bits per heavy atom. The first kappa shape index (κ1) is 17.4. The van der Waals surface area contributed by atoms with E-state index in [9.17, 15) is 9.59 Å². The zero-order valence-electron chi connectivity index (χ0n) is 14.2. The first-order valence-corrected chi connectivity index (χ1v) is 8.02. The van der Waals surface area contributed by atoms with E-state index in [2.05, 4.69) is 15.5 Å². The van der Waals surface area contributed by atoms with Crippen molar-refractivity contribution in [2.75, 3.05) is 51.6 Å². The molecule has 0 saturated carbocycles. The van der Waals surface area contributed by atoms with Crippen molar-refractivity contribution in [3.8, 4) is 0 Å². The molecule has 0 unspecified atom stereocenters. The summed E-state index contributed by atoms with van der Waals surface area (Å²) < 4.78 is 0. The van der Waals surface area contributed by atoms with Gasteiger partial charge < -0.3 is 15.5 Å². The summed E-state index contributed by atoms with van der Waals surface area (Å²) in [4.78, 5) is 28.0. The van der Waals surface area contributed by atoms with Gasteiger partial charge in [0.05, 0.1) is 13.1 Å². The molecule has 1 saturated heterocycles. The number of anilines is 1. The fourth-order valence-electron chi connectivity index (χ4n) is 2.70. The third-order valence-corrected chi connectivity index (χ3v) is 4.30. The number of hydrogen-bond acceptors (Lipinski definition) is 4. The molecule has 0 atom stereocenters. The van der Waals surface area contributed by atoms with Crippen molar-refractivity contribution in [3.63, 3.8) is 0 Å². The van der Waals surface area contributed by atoms with E-state index < -0.39 is 0 Å². The fourth-order valence-corrected chi connectivity index (χ4v) is 2.70.